The molecule has 0 saturated carbocycles. The van der Waals surface area contributed by atoms with E-state index < -0.39 is 10.2 Å². The molecule has 0 atom stereocenters. The van der Waals surface area contributed by atoms with E-state index >= 15 is 0 Å². The highest BCUT2D eigenvalue weighted by Gasteiger charge is 2.43. The summed E-state index contributed by atoms with van der Waals surface area (Å²) in [7, 11) is -3.58. The van der Waals surface area contributed by atoms with Gasteiger partial charge in [0.25, 0.3) is 10.2 Å². The Labute approximate surface area is 145 Å². The van der Waals surface area contributed by atoms with Crippen LogP contribution in [-0.2, 0) is 10.2 Å². The van der Waals surface area contributed by atoms with Crippen LogP contribution in [0.3, 0.4) is 0 Å². The van der Waals surface area contributed by atoms with Gasteiger partial charge in [-0.05, 0) is 36.8 Å². The highest BCUT2D eigenvalue weighted by atomic mass is 35.5. The lowest BCUT2D eigenvalue weighted by atomic mass is 9.77. The summed E-state index contributed by atoms with van der Waals surface area (Å²) in [6.07, 6.45) is 4.60. The zero-order valence-electron chi connectivity index (χ0n) is 13.2. The highest BCUT2D eigenvalue weighted by molar-refractivity contribution is 7.86. The molecule has 0 aliphatic carbocycles. The molecule has 0 bridgehead atoms. The lowest BCUT2D eigenvalue weighted by Crippen LogP contribution is -2.43. The first kappa shape index (κ1) is 16.1. The van der Waals surface area contributed by atoms with Crippen LogP contribution in [0.15, 0.2) is 18.3 Å². The number of nitrogens with two attached hydrogens (primary N) is 1. The fourth-order valence-corrected chi connectivity index (χ4v) is 5.01. The normalized spacial score (nSPS) is 21.8. The zero-order valence-corrected chi connectivity index (χ0v) is 14.8. The van der Waals surface area contributed by atoms with Gasteiger partial charge in [-0.15, -0.1) is 0 Å². The molecule has 1 aromatic carbocycles. The van der Waals surface area contributed by atoms with Crippen molar-refractivity contribution in [3.63, 3.8) is 0 Å². The summed E-state index contributed by atoms with van der Waals surface area (Å²) in [4.78, 5) is 2.31. The second-order valence-corrected chi connectivity index (χ2v) is 8.85. The summed E-state index contributed by atoms with van der Waals surface area (Å²) in [5.74, 6) is 0. The summed E-state index contributed by atoms with van der Waals surface area (Å²) in [6.45, 7) is 2.82. The average molecular weight is 370 g/mol. The number of benzene rings is 1. The van der Waals surface area contributed by atoms with Gasteiger partial charge in [0, 0.05) is 42.3 Å². The molecule has 1 aromatic heterocycles. The third kappa shape index (κ3) is 2.77. The molecule has 1 spiro atoms. The van der Waals surface area contributed by atoms with Gasteiger partial charge in [0.05, 0.1) is 11.7 Å². The number of fused-ring (bicyclic) bond motifs is 1. The lowest BCUT2D eigenvalue weighted by molar-refractivity contribution is 0.235. The number of aromatic nitrogens is 2. The first-order valence-electron chi connectivity index (χ1n) is 8.02. The van der Waals surface area contributed by atoms with Crippen molar-refractivity contribution < 1.29 is 8.42 Å². The summed E-state index contributed by atoms with van der Waals surface area (Å²) in [6, 6.07) is 3.85. The van der Waals surface area contributed by atoms with E-state index in [1.54, 1.807) is 0 Å². The molecule has 0 amide bonds. The summed E-state index contributed by atoms with van der Waals surface area (Å²) < 4.78 is 24.5. The van der Waals surface area contributed by atoms with E-state index in [9.17, 15) is 8.42 Å². The maximum Gasteiger partial charge on any atom is 0.276 e. The maximum atomic E-state index is 11.6. The van der Waals surface area contributed by atoms with Crippen molar-refractivity contribution >= 4 is 38.4 Å². The first-order valence-corrected chi connectivity index (χ1v) is 9.90. The van der Waals surface area contributed by atoms with Gasteiger partial charge in [-0.25, -0.2) is 5.14 Å². The summed E-state index contributed by atoms with van der Waals surface area (Å²) in [5, 5.41) is 14.1. The predicted molar refractivity (Wildman–Crippen MR) is 94.3 cm³/mol. The van der Waals surface area contributed by atoms with E-state index in [0.717, 1.165) is 48.9 Å². The smallest absolute Gasteiger partial charge is 0.276 e. The topological polar surface area (TPSA) is 95.3 Å². The largest absolute Gasteiger partial charge is 0.371 e. The minimum atomic E-state index is -3.58. The molecule has 2 aromatic rings. The van der Waals surface area contributed by atoms with E-state index in [1.165, 1.54) is 4.31 Å². The Morgan fingerprint density at radius 2 is 1.92 bits per heavy atom. The van der Waals surface area contributed by atoms with Crippen LogP contribution >= 0.6 is 11.6 Å². The number of halogens is 1. The van der Waals surface area contributed by atoms with E-state index in [0.29, 0.717) is 18.1 Å². The molecule has 4 rings (SSSR count). The van der Waals surface area contributed by atoms with Gasteiger partial charge < -0.3 is 4.90 Å². The number of hydrogen-bond acceptors (Lipinski definition) is 4. The quantitative estimate of drug-likeness (QED) is 0.842. The molecule has 2 aliphatic rings. The molecule has 0 unspecified atom stereocenters. The van der Waals surface area contributed by atoms with Gasteiger partial charge in [0.15, 0.2) is 0 Å². The van der Waals surface area contributed by atoms with Gasteiger partial charge >= 0.3 is 0 Å². The van der Waals surface area contributed by atoms with Crippen LogP contribution in [0.25, 0.3) is 10.9 Å². The van der Waals surface area contributed by atoms with Crippen LogP contribution in [0.2, 0.25) is 5.02 Å². The molecule has 130 valence electrons. The van der Waals surface area contributed by atoms with Crippen molar-refractivity contribution in [3.05, 3.63) is 23.4 Å². The van der Waals surface area contributed by atoms with E-state index in [4.69, 9.17) is 16.7 Å². The second-order valence-electron chi connectivity index (χ2n) is 6.87. The minimum Gasteiger partial charge on any atom is -0.371 e. The standard InChI is InChI=1S/C15H20ClN5O2S/c16-11-7-13-12(9-18-19-13)14(8-11)20-4-1-15(2-5-20)3-6-21(10-15)24(17,22)23/h7-9H,1-6,10H2,(H,18,19)(H2,17,22,23). The van der Waals surface area contributed by atoms with Crippen molar-refractivity contribution in [1.82, 2.24) is 14.5 Å². The summed E-state index contributed by atoms with van der Waals surface area (Å²) in [5.41, 5.74) is 2.07. The van der Waals surface area contributed by atoms with Gasteiger partial charge in [0.1, 0.15) is 0 Å². The molecule has 2 fully saturated rings. The maximum absolute atomic E-state index is 11.6. The van der Waals surface area contributed by atoms with E-state index in [2.05, 4.69) is 15.1 Å². The number of nitrogens with zero attached hydrogens (tertiary/aromatic N) is 3. The molecule has 24 heavy (non-hydrogen) atoms. The molecular formula is C15H20ClN5O2S. The fourth-order valence-electron chi connectivity index (χ4n) is 4.00. The lowest BCUT2D eigenvalue weighted by Gasteiger charge is -2.40. The Balaban J connectivity index is 1.53. The van der Waals surface area contributed by atoms with Crippen LogP contribution in [0, 0.1) is 5.41 Å². The van der Waals surface area contributed by atoms with Crippen LogP contribution in [0.1, 0.15) is 19.3 Å². The van der Waals surface area contributed by atoms with Crippen LogP contribution in [-0.4, -0.2) is 49.1 Å². The van der Waals surface area contributed by atoms with Gasteiger partial charge in [-0.2, -0.15) is 17.8 Å². The molecule has 9 heteroatoms. The number of anilines is 1. The van der Waals surface area contributed by atoms with Crippen LogP contribution < -0.4 is 10.0 Å². The number of piperidine rings is 1. The molecule has 3 N–H and O–H groups in total. The van der Waals surface area contributed by atoms with Crippen molar-refractivity contribution in [2.24, 2.45) is 10.6 Å². The monoisotopic (exact) mass is 369 g/mol. The van der Waals surface area contributed by atoms with E-state index in [-0.39, 0.29) is 5.41 Å². The zero-order chi connectivity index (χ0) is 16.9. The number of aromatic amines is 1. The van der Waals surface area contributed by atoms with Crippen molar-refractivity contribution in [1.29, 1.82) is 0 Å². The number of nitrogens with one attached hydrogen (secondary N) is 1. The minimum absolute atomic E-state index is 0.0526. The van der Waals surface area contributed by atoms with Gasteiger partial charge in [-0.3, -0.25) is 5.10 Å². The fraction of sp³-hybridized carbons (Fsp3) is 0.533. The predicted octanol–water partition coefficient (Wildman–Crippen LogP) is 1.71. The Morgan fingerprint density at radius 3 is 2.58 bits per heavy atom. The Morgan fingerprint density at radius 1 is 1.21 bits per heavy atom. The Hall–Kier alpha value is -1.35. The molecule has 0 radical (unpaired) electrons. The number of H-pyrrole nitrogens is 1. The molecular weight excluding hydrogens is 350 g/mol. The molecule has 2 saturated heterocycles. The van der Waals surface area contributed by atoms with Crippen molar-refractivity contribution in [3.8, 4) is 0 Å². The van der Waals surface area contributed by atoms with Gasteiger partial charge in [0.2, 0.25) is 0 Å². The molecule has 7 nitrogen and oxygen atoms in total. The first-order chi connectivity index (χ1) is 11.4. The molecule has 2 aliphatic heterocycles. The van der Waals surface area contributed by atoms with Crippen molar-refractivity contribution in [2.45, 2.75) is 19.3 Å². The second kappa shape index (κ2) is 5.59. The number of hydrogen-bond donors (Lipinski definition) is 2. The Kier molecular flexibility index (Phi) is 3.76. The molecule has 3 heterocycles. The average Bonchev–Trinajstić information content (AvgIpc) is 3.14. The highest BCUT2D eigenvalue weighted by Crippen LogP contribution is 2.42. The third-order valence-electron chi connectivity index (χ3n) is 5.43. The van der Waals surface area contributed by atoms with E-state index in [1.807, 2.05) is 18.3 Å². The van der Waals surface area contributed by atoms with Crippen molar-refractivity contribution in [2.75, 3.05) is 31.1 Å². The summed E-state index contributed by atoms with van der Waals surface area (Å²) >= 11 is 6.23. The van der Waals surface area contributed by atoms with Gasteiger partial charge in [-0.1, -0.05) is 11.6 Å². The number of rotatable bonds is 2. The third-order valence-corrected chi connectivity index (χ3v) is 6.68. The van der Waals surface area contributed by atoms with Crippen LogP contribution in [0.5, 0.6) is 0 Å². The van der Waals surface area contributed by atoms with Crippen LogP contribution in [0.4, 0.5) is 5.69 Å². The Bertz CT molecular complexity index is 873. The SMILES string of the molecule is NS(=O)(=O)N1CCC2(CCN(c3cc(Cl)cc4[nH]ncc34)CC2)C1.